The highest BCUT2D eigenvalue weighted by Gasteiger charge is 2.29. The summed E-state index contributed by atoms with van der Waals surface area (Å²) < 4.78 is 31.3. The van der Waals surface area contributed by atoms with E-state index in [1.165, 1.54) is 0 Å². The van der Waals surface area contributed by atoms with E-state index in [2.05, 4.69) is 0 Å². The van der Waals surface area contributed by atoms with E-state index < -0.39 is 15.1 Å². The Kier molecular flexibility index (Phi) is 4.55. The maximum absolute atomic E-state index is 13.1. The van der Waals surface area contributed by atoms with Crippen molar-refractivity contribution < 1.29 is 13.2 Å². The Morgan fingerprint density at radius 3 is 2.29 bits per heavy atom. The molecule has 2 N–H and O–H groups in total. The number of fused-ring (bicyclic) bond motifs is 1. The Balaban J connectivity index is 2.12. The van der Waals surface area contributed by atoms with Crippen LogP contribution in [0.25, 0.3) is 10.8 Å². The fraction of sp³-hybridized carbons (Fsp3) is 0.158. The standard InChI is InChI=1S/C19H19NO3S/c1-23-15-9-11-16(12-10-15)24(21,22)19(13-20)18-8-4-6-14-5-2-3-7-17(14)18/h2-12,19H,13,20H2,1H3/t19-/m1/s1. The fourth-order valence-electron chi connectivity index (χ4n) is 2.88. The normalized spacial score (nSPS) is 12.9. The van der Waals surface area contributed by atoms with Crippen LogP contribution in [0.5, 0.6) is 5.75 Å². The monoisotopic (exact) mass is 341 g/mol. The van der Waals surface area contributed by atoms with E-state index in [9.17, 15) is 8.42 Å². The van der Waals surface area contributed by atoms with Crippen molar-refractivity contribution in [1.82, 2.24) is 0 Å². The Morgan fingerprint density at radius 1 is 0.958 bits per heavy atom. The third kappa shape index (κ3) is 2.88. The first-order valence-corrected chi connectivity index (χ1v) is 9.18. The van der Waals surface area contributed by atoms with Crippen molar-refractivity contribution in [3.05, 3.63) is 72.3 Å². The minimum atomic E-state index is -3.60. The predicted molar refractivity (Wildman–Crippen MR) is 95.9 cm³/mol. The van der Waals surface area contributed by atoms with Crippen molar-refractivity contribution in [3.8, 4) is 5.75 Å². The summed E-state index contributed by atoms with van der Waals surface area (Å²) in [6.45, 7) is 0.0162. The number of hydrogen-bond donors (Lipinski definition) is 1. The van der Waals surface area contributed by atoms with Crippen molar-refractivity contribution in [3.63, 3.8) is 0 Å². The van der Waals surface area contributed by atoms with Crippen LogP contribution in [-0.4, -0.2) is 22.1 Å². The number of hydrogen-bond acceptors (Lipinski definition) is 4. The Morgan fingerprint density at radius 2 is 1.62 bits per heavy atom. The number of ether oxygens (including phenoxy) is 1. The minimum Gasteiger partial charge on any atom is -0.497 e. The molecule has 0 spiro atoms. The van der Waals surface area contributed by atoms with Crippen LogP contribution in [0.3, 0.4) is 0 Å². The highest BCUT2D eigenvalue weighted by Crippen LogP contribution is 2.33. The van der Waals surface area contributed by atoms with Gasteiger partial charge in [-0.05, 0) is 40.6 Å². The average molecular weight is 341 g/mol. The van der Waals surface area contributed by atoms with Crippen molar-refractivity contribution >= 4 is 20.6 Å². The summed E-state index contributed by atoms with van der Waals surface area (Å²) in [5.41, 5.74) is 6.60. The topological polar surface area (TPSA) is 69.4 Å². The van der Waals surface area contributed by atoms with E-state index in [0.717, 1.165) is 16.3 Å². The van der Waals surface area contributed by atoms with E-state index in [1.807, 2.05) is 42.5 Å². The van der Waals surface area contributed by atoms with Gasteiger partial charge in [-0.1, -0.05) is 42.5 Å². The number of nitrogens with two attached hydrogens (primary N) is 1. The number of sulfone groups is 1. The first-order valence-electron chi connectivity index (χ1n) is 7.63. The van der Waals surface area contributed by atoms with Crippen molar-refractivity contribution in [1.29, 1.82) is 0 Å². The summed E-state index contributed by atoms with van der Waals surface area (Å²) in [5.74, 6) is 0.614. The lowest BCUT2D eigenvalue weighted by atomic mass is 10.0. The van der Waals surface area contributed by atoms with Gasteiger partial charge < -0.3 is 10.5 Å². The van der Waals surface area contributed by atoms with Gasteiger partial charge in [0, 0.05) is 6.54 Å². The maximum Gasteiger partial charge on any atom is 0.186 e. The lowest BCUT2D eigenvalue weighted by Gasteiger charge is -2.18. The van der Waals surface area contributed by atoms with Crippen LogP contribution in [0.4, 0.5) is 0 Å². The zero-order valence-corrected chi connectivity index (χ0v) is 14.2. The molecule has 4 nitrogen and oxygen atoms in total. The van der Waals surface area contributed by atoms with Crippen LogP contribution in [-0.2, 0) is 9.84 Å². The van der Waals surface area contributed by atoms with Gasteiger partial charge >= 0.3 is 0 Å². The molecule has 0 aliphatic heterocycles. The largest absolute Gasteiger partial charge is 0.497 e. The third-order valence-electron chi connectivity index (χ3n) is 4.15. The lowest BCUT2D eigenvalue weighted by molar-refractivity contribution is 0.414. The molecule has 0 saturated carbocycles. The van der Waals surface area contributed by atoms with Crippen molar-refractivity contribution in [2.75, 3.05) is 13.7 Å². The molecule has 124 valence electrons. The molecule has 0 aliphatic rings. The van der Waals surface area contributed by atoms with Gasteiger partial charge in [0.2, 0.25) is 0 Å². The second-order valence-corrected chi connectivity index (χ2v) is 7.64. The van der Waals surface area contributed by atoms with Gasteiger partial charge in [-0.2, -0.15) is 0 Å². The Bertz CT molecular complexity index is 945. The molecule has 3 aromatic rings. The fourth-order valence-corrected chi connectivity index (χ4v) is 4.52. The second kappa shape index (κ2) is 6.63. The lowest BCUT2D eigenvalue weighted by Crippen LogP contribution is -2.22. The molecular weight excluding hydrogens is 322 g/mol. The molecule has 3 rings (SSSR count). The quantitative estimate of drug-likeness (QED) is 0.773. The van der Waals surface area contributed by atoms with Crippen LogP contribution in [0, 0.1) is 0 Å². The van der Waals surface area contributed by atoms with E-state index in [1.54, 1.807) is 31.4 Å². The van der Waals surface area contributed by atoms with Gasteiger partial charge in [0.15, 0.2) is 9.84 Å². The highest BCUT2D eigenvalue weighted by molar-refractivity contribution is 7.91. The first kappa shape index (κ1) is 16.5. The molecule has 0 unspecified atom stereocenters. The summed E-state index contributed by atoms with van der Waals surface area (Å²) in [4.78, 5) is 0.242. The third-order valence-corrected chi connectivity index (χ3v) is 6.27. The zero-order valence-electron chi connectivity index (χ0n) is 13.3. The maximum atomic E-state index is 13.1. The van der Waals surface area contributed by atoms with Crippen LogP contribution < -0.4 is 10.5 Å². The molecule has 24 heavy (non-hydrogen) atoms. The van der Waals surface area contributed by atoms with Crippen molar-refractivity contribution in [2.45, 2.75) is 10.1 Å². The Hall–Kier alpha value is -2.37. The molecule has 0 aromatic heterocycles. The zero-order chi connectivity index (χ0) is 17.2. The molecule has 0 aliphatic carbocycles. The molecule has 3 aromatic carbocycles. The molecule has 0 bridgehead atoms. The van der Waals surface area contributed by atoms with Gasteiger partial charge in [0.05, 0.1) is 12.0 Å². The summed E-state index contributed by atoms with van der Waals surface area (Å²) in [6, 6.07) is 19.8. The van der Waals surface area contributed by atoms with Crippen molar-refractivity contribution in [2.24, 2.45) is 5.73 Å². The predicted octanol–water partition coefficient (Wildman–Crippen LogP) is 3.32. The highest BCUT2D eigenvalue weighted by atomic mass is 32.2. The van der Waals surface area contributed by atoms with E-state index in [0.29, 0.717) is 5.75 Å². The molecule has 0 saturated heterocycles. The van der Waals surface area contributed by atoms with Gasteiger partial charge in [-0.15, -0.1) is 0 Å². The smallest absolute Gasteiger partial charge is 0.186 e. The number of rotatable bonds is 5. The SMILES string of the molecule is COc1ccc(S(=O)(=O)[C@H](CN)c2cccc3ccccc23)cc1. The molecule has 5 heteroatoms. The van der Waals surface area contributed by atoms with Crippen LogP contribution in [0.2, 0.25) is 0 Å². The van der Waals surface area contributed by atoms with Gasteiger partial charge in [-0.3, -0.25) is 0 Å². The molecule has 0 fully saturated rings. The van der Waals surface area contributed by atoms with Crippen LogP contribution in [0.15, 0.2) is 71.6 Å². The summed E-state index contributed by atoms with van der Waals surface area (Å²) in [6.07, 6.45) is 0. The summed E-state index contributed by atoms with van der Waals surface area (Å²) in [5, 5.41) is 1.11. The second-order valence-electron chi connectivity index (χ2n) is 5.51. The minimum absolute atomic E-state index is 0.0162. The van der Waals surface area contributed by atoms with E-state index in [4.69, 9.17) is 10.5 Å². The van der Waals surface area contributed by atoms with Gasteiger partial charge in [0.25, 0.3) is 0 Å². The van der Waals surface area contributed by atoms with Gasteiger partial charge in [-0.25, -0.2) is 8.42 Å². The first-order chi connectivity index (χ1) is 11.6. The Labute approximate surface area is 141 Å². The number of methoxy groups -OCH3 is 1. The van der Waals surface area contributed by atoms with Gasteiger partial charge in [0.1, 0.15) is 11.0 Å². The molecule has 1 atom stereocenters. The molecule has 0 radical (unpaired) electrons. The summed E-state index contributed by atoms with van der Waals surface area (Å²) >= 11 is 0. The number of benzene rings is 3. The molecule has 0 heterocycles. The summed E-state index contributed by atoms with van der Waals surface area (Å²) in [7, 11) is -2.06. The van der Waals surface area contributed by atoms with E-state index >= 15 is 0 Å². The molecular formula is C19H19NO3S. The van der Waals surface area contributed by atoms with Crippen LogP contribution in [0.1, 0.15) is 10.8 Å². The van der Waals surface area contributed by atoms with E-state index in [-0.39, 0.29) is 11.4 Å². The van der Waals surface area contributed by atoms with Crippen LogP contribution >= 0.6 is 0 Å². The average Bonchev–Trinajstić information content (AvgIpc) is 2.62. The molecule has 0 amide bonds.